The van der Waals surface area contributed by atoms with Crippen molar-refractivity contribution in [1.29, 1.82) is 0 Å². The fourth-order valence-corrected chi connectivity index (χ4v) is 4.28. The van der Waals surface area contributed by atoms with Gasteiger partial charge in [0.15, 0.2) is 0 Å². The van der Waals surface area contributed by atoms with Crippen LogP contribution in [0.15, 0.2) is 0 Å². The maximum Gasteiger partial charge on any atom is 0.0659 e. The molecule has 2 fully saturated rings. The largest absolute Gasteiger partial charge is 0.372 e. The van der Waals surface area contributed by atoms with Crippen LogP contribution in [0.2, 0.25) is 0 Å². The van der Waals surface area contributed by atoms with Gasteiger partial charge in [0.25, 0.3) is 0 Å². The van der Waals surface area contributed by atoms with E-state index in [4.69, 9.17) is 4.74 Å². The van der Waals surface area contributed by atoms with Crippen molar-refractivity contribution in [2.75, 3.05) is 20.1 Å². The van der Waals surface area contributed by atoms with E-state index in [2.05, 4.69) is 46.6 Å². The van der Waals surface area contributed by atoms with E-state index in [9.17, 15) is 0 Å². The monoisotopic (exact) mass is 295 g/mol. The molecule has 1 saturated carbocycles. The summed E-state index contributed by atoms with van der Waals surface area (Å²) in [6.45, 7) is 14.3. The van der Waals surface area contributed by atoms with Crippen LogP contribution < -0.4 is 0 Å². The molecule has 0 atom stereocenters. The molecule has 124 valence electrons. The minimum atomic E-state index is 0.0560. The highest BCUT2D eigenvalue weighted by Gasteiger charge is 2.37. The Morgan fingerprint density at radius 1 is 0.762 bits per heavy atom. The van der Waals surface area contributed by atoms with E-state index in [1.807, 2.05) is 0 Å². The van der Waals surface area contributed by atoms with E-state index in [-0.39, 0.29) is 5.60 Å². The van der Waals surface area contributed by atoms with Crippen LogP contribution in [-0.2, 0) is 4.74 Å². The molecule has 1 aliphatic carbocycles. The van der Waals surface area contributed by atoms with E-state index in [1.54, 1.807) is 0 Å². The first-order valence-corrected chi connectivity index (χ1v) is 9.05. The van der Waals surface area contributed by atoms with Crippen molar-refractivity contribution in [3.05, 3.63) is 0 Å². The molecule has 21 heavy (non-hydrogen) atoms. The average molecular weight is 296 g/mol. The summed E-state index contributed by atoms with van der Waals surface area (Å²) in [6, 6.07) is 0. The minimum absolute atomic E-state index is 0.0560. The topological polar surface area (TPSA) is 12.5 Å². The second kappa shape index (κ2) is 6.58. The molecule has 0 amide bonds. The summed E-state index contributed by atoms with van der Waals surface area (Å²) in [4.78, 5) is 2.45. The second-order valence-corrected chi connectivity index (χ2v) is 9.14. The summed E-state index contributed by atoms with van der Waals surface area (Å²) in [7, 11) is 2.23. The predicted octanol–water partition coefficient (Wildman–Crippen LogP) is 4.73. The average Bonchev–Trinajstić information content (AvgIpc) is 2.38. The number of piperidine rings is 1. The molecule has 0 unspecified atom stereocenters. The number of ether oxygens (including phenoxy) is 1. The van der Waals surface area contributed by atoms with Gasteiger partial charge in [-0.25, -0.2) is 0 Å². The molecule has 2 nitrogen and oxygen atoms in total. The lowest BCUT2D eigenvalue weighted by atomic mass is 9.71. The highest BCUT2D eigenvalue weighted by Crippen LogP contribution is 2.40. The lowest BCUT2D eigenvalue weighted by Crippen LogP contribution is -2.45. The summed E-state index contributed by atoms with van der Waals surface area (Å²) in [5.41, 5.74) is 0.523. The molecule has 1 heterocycles. The van der Waals surface area contributed by atoms with Crippen LogP contribution in [0.25, 0.3) is 0 Å². The molecule has 1 aliphatic heterocycles. The van der Waals surface area contributed by atoms with Gasteiger partial charge < -0.3 is 9.64 Å². The highest BCUT2D eigenvalue weighted by molar-refractivity contribution is 4.87. The molecule has 0 spiro atoms. The number of rotatable bonds is 3. The molecule has 0 aromatic heterocycles. The van der Waals surface area contributed by atoms with E-state index in [0.29, 0.717) is 11.5 Å². The molecule has 0 bridgehead atoms. The van der Waals surface area contributed by atoms with Crippen LogP contribution in [0, 0.1) is 17.3 Å². The van der Waals surface area contributed by atoms with E-state index in [1.165, 1.54) is 51.6 Å². The maximum atomic E-state index is 6.60. The standard InChI is InChI=1S/C19H37NO/c1-18(2,3)15-7-9-17(10-8-15)21-19(4,5)16-11-13-20(6)14-12-16/h15-17H,7-14H2,1-6H3. The molecular formula is C19H37NO. The molecule has 0 N–H and O–H groups in total. The number of nitrogens with zero attached hydrogens (tertiary/aromatic N) is 1. The van der Waals surface area contributed by atoms with Gasteiger partial charge in [-0.15, -0.1) is 0 Å². The van der Waals surface area contributed by atoms with Gasteiger partial charge in [0.1, 0.15) is 0 Å². The summed E-state index contributed by atoms with van der Waals surface area (Å²) in [5.74, 6) is 1.61. The Morgan fingerprint density at radius 2 is 1.29 bits per heavy atom. The third kappa shape index (κ3) is 4.69. The fraction of sp³-hybridized carbons (Fsp3) is 1.00. The van der Waals surface area contributed by atoms with Crippen LogP contribution in [0.1, 0.15) is 73.1 Å². The van der Waals surface area contributed by atoms with Crippen molar-refractivity contribution in [1.82, 2.24) is 4.90 Å². The van der Waals surface area contributed by atoms with Gasteiger partial charge in [-0.3, -0.25) is 0 Å². The molecule has 0 aromatic carbocycles. The Labute approximate surface area is 132 Å². The highest BCUT2D eigenvalue weighted by atomic mass is 16.5. The van der Waals surface area contributed by atoms with Crippen molar-refractivity contribution in [2.45, 2.75) is 84.8 Å². The Hall–Kier alpha value is -0.0800. The van der Waals surface area contributed by atoms with Crippen molar-refractivity contribution >= 4 is 0 Å². The summed E-state index contributed by atoms with van der Waals surface area (Å²) >= 11 is 0. The van der Waals surface area contributed by atoms with Gasteiger partial charge in [-0.1, -0.05) is 20.8 Å². The predicted molar refractivity (Wildman–Crippen MR) is 90.6 cm³/mol. The lowest BCUT2D eigenvalue weighted by molar-refractivity contribution is -0.131. The Morgan fingerprint density at radius 3 is 1.76 bits per heavy atom. The van der Waals surface area contributed by atoms with E-state index < -0.39 is 0 Å². The first-order chi connectivity index (χ1) is 9.68. The SMILES string of the molecule is CN1CCC(C(C)(C)OC2CCC(C(C)(C)C)CC2)CC1. The number of hydrogen-bond donors (Lipinski definition) is 0. The Balaban J connectivity index is 1.82. The molecule has 2 rings (SSSR count). The zero-order valence-corrected chi connectivity index (χ0v) is 15.2. The summed E-state index contributed by atoms with van der Waals surface area (Å²) in [6.07, 6.45) is 8.30. The van der Waals surface area contributed by atoms with Crippen LogP contribution in [0.4, 0.5) is 0 Å². The van der Waals surface area contributed by atoms with Crippen molar-refractivity contribution in [3.8, 4) is 0 Å². The van der Waals surface area contributed by atoms with E-state index >= 15 is 0 Å². The van der Waals surface area contributed by atoms with E-state index in [0.717, 1.165) is 11.8 Å². The zero-order chi connectivity index (χ0) is 15.7. The molecular weight excluding hydrogens is 258 g/mol. The molecule has 2 heteroatoms. The van der Waals surface area contributed by atoms with Gasteiger partial charge in [-0.05, 0) is 89.8 Å². The Bertz CT molecular complexity index is 315. The van der Waals surface area contributed by atoms with Gasteiger partial charge in [-0.2, -0.15) is 0 Å². The number of likely N-dealkylation sites (tertiary alicyclic amines) is 1. The molecule has 0 aromatic rings. The normalized spacial score (nSPS) is 30.6. The second-order valence-electron chi connectivity index (χ2n) is 9.14. The van der Waals surface area contributed by atoms with Gasteiger partial charge in [0.05, 0.1) is 11.7 Å². The Kier molecular flexibility index (Phi) is 5.41. The van der Waals surface area contributed by atoms with Crippen LogP contribution in [0.3, 0.4) is 0 Å². The van der Waals surface area contributed by atoms with Crippen LogP contribution in [0.5, 0.6) is 0 Å². The van der Waals surface area contributed by atoms with Crippen LogP contribution >= 0.6 is 0 Å². The first kappa shape index (κ1) is 17.3. The first-order valence-electron chi connectivity index (χ1n) is 9.05. The summed E-state index contributed by atoms with van der Waals surface area (Å²) < 4.78 is 6.60. The van der Waals surface area contributed by atoms with Gasteiger partial charge in [0.2, 0.25) is 0 Å². The molecule has 1 saturated heterocycles. The minimum Gasteiger partial charge on any atom is -0.372 e. The maximum absolute atomic E-state index is 6.60. The molecule has 0 radical (unpaired) electrons. The van der Waals surface area contributed by atoms with Gasteiger partial charge in [0, 0.05) is 0 Å². The van der Waals surface area contributed by atoms with Crippen LogP contribution in [-0.4, -0.2) is 36.7 Å². The lowest BCUT2D eigenvalue weighted by Gasteiger charge is -2.44. The third-order valence-electron chi connectivity index (χ3n) is 6.07. The third-order valence-corrected chi connectivity index (χ3v) is 6.07. The van der Waals surface area contributed by atoms with Crippen molar-refractivity contribution in [2.24, 2.45) is 17.3 Å². The quantitative estimate of drug-likeness (QED) is 0.746. The summed E-state index contributed by atoms with van der Waals surface area (Å²) in [5, 5.41) is 0. The zero-order valence-electron chi connectivity index (χ0n) is 15.2. The van der Waals surface area contributed by atoms with Gasteiger partial charge >= 0.3 is 0 Å². The molecule has 2 aliphatic rings. The fourth-order valence-electron chi connectivity index (χ4n) is 4.28. The smallest absolute Gasteiger partial charge is 0.0659 e. The number of hydrogen-bond acceptors (Lipinski definition) is 2. The van der Waals surface area contributed by atoms with Crippen molar-refractivity contribution in [3.63, 3.8) is 0 Å². The van der Waals surface area contributed by atoms with Crippen molar-refractivity contribution < 1.29 is 4.74 Å².